The molecule has 4 rings (SSSR count). The summed E-state index contributed by atoms with van der Waals surface area (Å²) in [5.41, 5.74) is 2.72. The third kappa shape index (κ3) is 3.11. The molecule has 0 atom stereocenters. The van der Waals surface area contributed by atoms with Crippen LogP contribution in [0, 0.1) is 0 Å². The van der Waals surface area contributed by atoms with E-state index < -0.39 is 0 Å². The molecule has 0 bridgehead atoms. The van der Waals surface area contributed by atoms with Gasteiger partial charge in [0.1, 0.15) is 22.2 Å². The molecule has 0 spiro atoms. The van der Waals surface area contributed by atoms with E-state index in [4.69, 9.17) is 4.74 Å². The summed E-state index contributed by atoms with van der Waals surface area (Å²) >= 11 is 1.44. The minimum Gasteiger partial charge on any atom is -0.486 e. The van der Waals surface area contributed by atoms with Gasteiger partial charge in [0.25, 0.3) is 5.91 Å². The number of ether oxygens (including phenoxy) is 1. The number of amides is 1. The number of rotatable bonds is 5. The van der Waals surface area contributed by atoms with Crippen molar-refractivity contribution in [2.24, 2.45) is 0 Å². The first-order valence-electron chi connectivity index (χ1n) is 8.30. The Labute approximate surface area is 154 Å². The summed E-state index contributed by atoms with van der Waals surface area (Å²) in [6, 6.07) is 17.1. The fourth-order valence-electron chi connectivity index (χ4n) is 2.93. The third-order valence-electron chi connectivity index (χ3n) is 4.20. The molecule has 2 heterocycles. The molecule has 1 aliphatic rings. The minimum absolute atomic E-state index is 0.0208. The van der Waals surface area contributed by atoms with Gasteiger partial charge in [-0.3, -0.25) is 9.59 Å². The van der Waals surface area contributed by atoms with Crippen molar-refractivity contribution in [2.45, 2.75) is 6.42 Å². The third-order valence-corrected chi connectivity index (χ3v) is 5.33. The molecule has 26 heavy (non-hydrogen) atoms. The highest BCUT2D eigenvalue weighted by molar-refractivity contribution is 7.17. The summed E-state index contributed by atoms with van der Waals surface area (Å²) in [6.45, 7) is 0.618. The van der Waals surface area contributed by atoms with E-state index >= 15 is 0 Å². The van der Waals surface area contributed by atoms with Crippen molar-refractivity contribution < 1.29 is 14.3 Å². The van der Waals surface area contributed by atoms with Crippen LogP contribution in [0.3, 0.4) is 0 Å². The molecule has 130 valence electrons. The van der Waals surface area contributed by atoms with Gasteiger partial charge in [-0.25, -0.2) is 4.98 Å². The van der Waals surface area contributed by atoms with Crippen molar-refractivity contribution in [3.05, 3.63) is 65.2 Å². The first-order chi connectivity index (χ1) is 12.8. The van der Waals surface area contributed by atoms with Gasteiger partial charge in [0, 0.05) is 24.2 Å². The van der Waals surface area contributed by atoms with Gasteiger partial charge in [0.05, 0.1) is 5.69 Å². The molecule has 0 fully saturated rings. The standard InChI is InChI=1S/C20H16N2O3S/c23-12-13-25-16-8-6-15(7-9-16)22-11-10-17-18(20(22)24)26-19(21-17)14-4-2-1-3-5-14/h1-9,12H,10-11,13H2. The number of nitrogens with zero attached hydrogens (tertiary/aromatic N) is 2. The maximum Gasteiger partial charge on any atom is 0.270 e. The predicted octanol–water partition coefficient (Wildman–Crippen LogP) is 3.59. The lowest BCUT2D eigenvalue weighted by Crippen LogP contribution is -2.36. The van der Waals surface area contributed by atoms with Crippen molar-refractivity contribution >= 4 is 29.2 Å². The quantitative estimate of drug-likeness (QED) is 0.649. The second-order valence-corrected chi connectivity index (χ2v) is 6.84. The molecule has 2 aromatic carbocycles. The largest absolute Gasteiger partial charge is 0.486 e. The Morgan fingerprint density at radius 1 is 1.12 bits per heavy atom. The molecule has 1 aromatic heterocycles. The van der Waals surface area contributed by atoms with Crippen LogP contribution < -0.4 is 9.64 Å². The summed E-state index contributed by atoms with van der Waals surface area (Å²) in [7, 11) is 0. The zero-order valence-corrected chi connectivity index (χ0v) is 14.7. The van der Waals surface area contributed by atoms with Gasteiger partial charge in [-0.05, 0) is 24.3 Å². The summed E-state index contributed by atoms with van der Waals surface area (Å²) in [6.07, 6.45) is 1.44. The molecule has 1 amide bonds. The van der Waals surface area contributed by atoms with Gasteiger partial charge in [-0.2, -0.15) is 0 Å². The average Bonchev–Trinajstić information content (AvgIpc) is 3.13. The Balaban J connectivity index is 1.58. The second kappa shape index (κ2) is 7.09. The predicted molar refractivity (Wildman–Crippen MR) is 101 cm³/mol. The van der Waals surface area contributed by atoms with Crippen molar-refractivity contribution in [1.82, 2.24) is 4.98 Å². The molecule has 3 aromatic rings. The average molecular weight is 364 g/mol. The number of carbonyl (C=O) groups is 2. The molecule has 6 heteroatoms. The van der Waals surface area contributed by atoms with Crippen molar-refractivity contribution in [3.63, 3.8) is 0 Å². The molecular formula is C20H16N2O3S. The minimum atomic E-state index is -0.0208. The Morgan fingerprint density at radius 2 is 1.88 bits per heavy atom. The molecule has 0 unspecified atom stereocenters. The summed E-state index contributed by atoms with van der Waals surface area (Å²) in [5.74, 6) is 0.586. The number of anilines is 1. The van der Waals surface area contributed by atoms with Crippen LogP contribution in [0.25, 0.3) is 10.6 Å². The van der Waals surface area contributed by atoms with E-state index in [1.807, 2.05) is 42.5 Å². The first-order valence-corrected chi connectivity index (χ1v) is 9.11. The van der Waals surface area contributed by atoms with Crippen LogP contribution in [-0.4, -0.2) is 30.3 Å². The van der Waals surface area contributed by atoms with Crippen molar-refractivity contribution in [3.8, 4) is 16.3 Å². The van der Waals surface area contributed by atoms with Gasteiger partial charge in [0.2, 0.25) is 0 Å². The van der Waals surface area contributed by atoms with Crippen molar-refractivity contribution in [2.75, 3.05) is 18.1 Å². The lowest BCUT2D eigenvalue weighted by Gasteiger charge is -2.26. The summed E-state index contributed by atoms with van der Waals surface area (Å²) in [5, 5.41) is 0.878. The SMILES string of the molecule is O=CCOc1ccc(N2CCc3nc(-c4ccccc4)sc3C2=O)cc1. The fraction of sp³-hybridized carbons (Fsp3) is 0.150. The Morgan fingerprint density at radius 3 is 2.62 bits per heavy atom. The molecule has 0 saturated carbocycles. The van der Waals surface area contributed by atoms with Crippen molar-refractivity contribution in [1.29, 1.82) is 0 Å². The van der Waals surface area contributed by atoms with E-state index in [9.17, 15) is 9.59 Å². The summed E-state index contributed by atoms with van der Waals surface area (Å²) < 4.78 is 5.25. The normalized spacial score (nSPS) is 13.4. The number of hydrogen-bond donors (Lipinski definition) is 0. The first kappa shape index (κ1) is 16.5. The number of fused-ring (bicyclic) bond motifs is 1. The topological polar surface area (TPSA) is 59.5 Å². The zero-order valence-electron chi connectivity index (χ0n) is 13.9. The highest BCUT2D eigenvalue weighted by Gasteiger charge is 2.29. The van der Waals surface area contributed by atoms with E-state index in [2.05, 4.69) is 4.98 Å². The van der Waals surface area contributed by atoms with Crippen LogP contribution in [-0.2, 0) is 11.2 Å². The number of aldehydes is 1. The van der Waals surface area contributed by atoms with E-state index in [1.54, 1.807) is 17.0 Å². The van der Waals surface area contributed by atoms with Gasteiger partial charge >= 0.3 is 0 Å². The van der Waals surface area contributed by atoms with E-state index in [-0.39, 0.29) is 12.5 Å². The number of carbonyl (C=O) groups excluding carboxylic acids is 2. The van der Waals surface area contributed by atoms with E-state index in [0.29, 0.717) is 23.5 Å². The zero-order chi connectivity index (χ0) is 17.9. The molecule has 5 nitrogen and oxygen atoms in total. The molecule has 1 aliphatic heterocycles. The maximum atomic E-state index is 12.9. The number of benzene rings is 2. The van der Waals surface area contributed by atoms with Crippen LogP contribution >= 0.6 is 11.3 Å². The lowest BCUT2D eigenvalue weighted by molar-refractivity contribution is -0.109. The highest BCUT2D eigenvalue weighted by Crippen LogP contribution is 2.33. The van der Waals surface area contributed by atoms with Crippen LogP contribution in [0.4, 0.5) is 5.69 Å². The molecular weight excluding hydrogens is 348 g/mol. The molecule has 0 radical (unpaired) electrons. The van der Waals surface area contributed by atoms with E-state index in [1.165, 1.54) is 11.3 Å². The van der Waals surface area contributed by atoms with Crippen LogP contribution in [0.5, 0.6) is 5.75 Å². The second-order valence-electron chi connectivity index (χ2n) is 5.84. The highest BCUT2D eigenvalue weighted by atomic mass is 32.1. The Bertz CT molecular complexity index is 935. The van der Waals surface area contributed by atoms with Gasteiger partial charge in [0.15, 0.2) is 6.29 Å². The number of aromatic nitrogens is 1. The Kier molecular flexibility index (Phi) is 4.50. The monoisotopic (exact) mass is 364 g/mol. The number of hydrogen-bond acceptors (Lipinski definition) is 5. The molecule has 0 aliphatic carbocycles. The van der Waals surface area contributed by atoms with Crippen LogP contribution in [0.15, 0.2) is 54.6 Å². The number of thiazole rings is 1. The molecule has 0 N–H and O–H groups in total. The smallest absolute Gasteiger partial charge is 0.270 e. The maximum absolute atomic E-state index is 12.9. The summed E-state index contributed by atoms with van der Waals surface area (Å²) in [4.78, 5) is 30.4. The van der Waals surface area contributed by atoms with Crippen LogP contribution in [0.2, 0.25) is 0 Å². The van der Waals surface area contributed by atoms with Gasteiger partial charge < -0.3 is 9.64 Å². The van der Waals surface area contributed by atoms with Gasteiger partial charge in [-0.1, -0.05) is 30.3 Å². The Hall–Kier alpha value is -2.99. The van der Waals surface area contributed by atoms with E-state index in [0.717, 1.165) is 28.4 Å². The van der Waals surface area contributed by atoms with Gasteiger partial charge in [-0.15, -0.1) is 11.3 Å². The van der Waals surface area contributed by atoms with Crippen LogP contribution in [0.1, 0.15) is 15.4 Å². The lowest BCUT2D eigenvalue weighted by atomic mass is 10.1. The fourth-order valence-corrected chi connectivity index (χ4v) is 4.00. The molecule has 0 saturated heterocycles.